The van der Waals surface area contributed by atoms with E-state index in [4.69, 9.17) is 10.5 Å². The number of methoxy groups -OCH3 is 1. The summed E-state index contributed by atoms with van der Waals surface area (Å²) in [5.74, 6) is 1.27. The van der Waals surface area contributed by atoms with Gasteiger partial charge in [0.1, 0.15) is 11.6 Å². The van der Waals surface area contributed by atoms with Crippen molar-refractivity contribution in [2.24, 2.45) is 0 Å². The molecule has 1 aromatic heterocycles. The number of nitrogens with two attached hydrogens (primary N) is 1. The van der Waals surface area contributed by atoms with Gasteiger partial charge in [-0.15, -0.1) is 0 Å². The molecule has 34 heavy (non-hydrogen) atoms. The van der Waals surface area contributed by atoms with Crippen LogP contribution in [0.15, 0.2) is 48.7 Å². The predicted molar refractivity (Wildman–Crippen MR) is 137 cm³/mol. The largest absolute Gasteiger partial charge is 0.496 e. The molecule has 0 unspecified atom stereocenters. The molecular weight excluding hydrogens is 424 g/mol. The molecule has 1 aliphatic heterocycles. The van der Waals surface area contributed by atoms with E-state index in [2.05, 4.69) is 52.6 Å². The number of hydrogen-bond donors (Lipinski definition) is 2. The Morgan fingerprint density at radius 1 is 1.00 bits per heavy atom. The van der Waals surface area contributed by atoms with Crippen molar-refractivity contribution >= 4 is 17.4 Å². The van der Waals surface area contributed by atoms with E-state index in [0.29, 0.717) is 18.4 Å². The Morgan fingerprint density at radius 2 is 1.79 bits per heavy atom. The molecule has 1 fully saturated rings. The molecule has 0 bridgehead atoms. The highest BCUT2D eigenvalue weighted by Crippen LogP contribution is 2.38. The van der Waals surface area contributed by atoms with E-state index in [-0.39, 0.29) is 5.91 Å². The number of nitrogens with zero attached hydrogens (tertiary/aromatic N) is 2. The number of fused-ring (bicyclic) bond motifs is 1. The first kappa shape index (κ1) is 22.3. The van der Waals surface area contributed by atoms with Gasteiger partial charge in [-0.05, 0) is 54.7 Å². The molecule has 5 rings (SSSR count). The van der Waals surface area contributed by atoms with Crippen molar-refractivity contribution in [3.8, 4) is 28.0 Å². The second-order valence-corrected chi connectivity index (χ2v) is 9.32. The van der Waals surface area contributed by atoms with Crippen molar-refractivity contribution in [2.45, 2.75) is 44.6 Å². The highest BCUT2D eigenvalue weighted by Gasteiger charge is 2.21. The van der Waals surface area contributed by atoms with E-state index < -0.39 is 0 Å². The minimum Gasteiger partial charge on any atom is -0.496 e. The number of ether oxygens (including phenoxy) is 1. The molecule has 0 radical (unpaired) electrons. The smallest absolute Gasteiger partial charge is 0.251 e. The number of carbonyl (C=O) groups excluding carboxylic acids is 1. The van der Waals surface area contributed by atoms with Gasteiger partial charge in [0.15, 0.2) is 0 Å². The lowest BCUT2D eigenvalue weighted by atomic mass is 9.93. The van der Waals surface area contributed by atoms with Gasteiger partial charge in [-0.25, -0.2) is 4.98 Å². The Hall–Kier alpha value is -3.54. The number of pyridine rings is 1. The molecule has 176 valence electrons. The number of carbonyl (C=O) groups is 1. The van der Waals surface area contributed by atoms with E-state index in [0.717, 1.165) is 45.6 Å². The van der Waals surface area contributed by atoms with E-state index in [1.54, 1.807) is 13.3 Å². The molecular formula is C28H32N4O2. The van der Waals surface area contributed by atoms with Crippen molar-refractivity contribution in [1.82, 2.24) is 10.3 Å². The van der Waals surface area contributed by atoms with Gasteiger partial charge in [0.2, 0.25) is 0 Å². The molecule has 0 atom stereocenters. The highest BCUT2D eigenvalue weighted by molar-refractivity contribution is 5.97. The van der Waals surface area contributed by atoms with Crippen molar-refractivity contribution in [3.63, 3.8) is 0 Å². The zero-order valence-electron chi connectivity index (χ0n) is 19.9. The number of anilines is 2. The molecule has 1 amide bonds. The van der Waals surface area contributed by atoms with E-state index in [9.17, 15) is 4.79 Å². The summed E-state index contributed by atoms with van der Waals surface area (Å²) < 4.78 is 5.81. The van der Waals surface area contributed by atoms with Gasteiger partial charge in [0.25, 0.3) is 5.91 Å². The number of nitrogens with one attached hydrogen (secondary N) is 1. The third-order valence-electron chi connectivity index (χ3n) is 7.29. The van der Waals surface area contributed by atoms with Crippen LogP contribution in [0.25, 0.3) is 22.3 Å². The first-order chi connectivity index (χ1) is 16.5. The lowest BCUT2D eigenvalue weighted by Gasteiger charge is -2.33. The minimum absolute atomic E-state index is 0.0179. The molecule has 0 saturated heterocycles. The summed E-state index contributed by atoms with van der Waals surface area (Å²) in [5.41, 5.74) is 13.0. The van der Waals surface area contributed by atoms with Crippen LogP contribution in [0.4, 0.5) is 11.5 Å². The van der Waals surface area contributed by atoms with Crippen LogP contribution in [-0.2, 0) is 6.42 Å². The summed E-state index contributed by atoms with van der Waals surface area (Å²) in [7, 11) is 3.90. The predicted octanol–water partition coefficient (Wildman–Crippen LogP) is 5.06. The number of nitrogen functional groups attached to an aromatic ring is 1. The Bertz CT molecular complexity index is 1220. The second-order valence-electron chi connectivity index (χ2n) is 9.32. The van der Waals surface area contributed by atoms with Gasteiger partial charge in [-0.1, -0.05) is 31.4 Å². The van der Waals surface area contributed by atoms with Crippen LogP contribution >= 0.6 is 0 Å². The molecule has 6 heteroatoms. The molecule has 1 saturated carbocycles. The summed E-state index contributed by atoms with van der Waals surface area (Å²) in [6.45, 7) is 0.655. The fourth-order valence-electron chi connectivity index (χ4n) is 5.27. The normalized spacial score (nSPS) is 16.0. The van der Waals surface area contributed by atoms with Crippen LogP contribution in [-0.4, -0.2) is 37.6 Å². The van der Waals surface area contributed by atoms with Gasteiger partial charge in [-0.3, -0.25) is 4.79 Å². The van der Waals surface area contributed by atoms with Crippen LogP contribution in [0.2, 0.25) is 0 Å². The summed E-state index contributed by atoms with van der Waals surface area (Å²) in [6.07, 6.45) is 9.05. The summed E-state index contributed by atoms with van der Waals surface area (Å²) in [6, 6.07) is 14.9. The van der Waals surface area contributed by atoms with Crippen molar-refractivity contribution < 1.29 is 9.53 Å². The van der Waals surface area contributed by atoms with Crippen molar-refractivity contribution in [3.05, 3.63) is 59.8 Å². The molecule has 2 aromatic carbocycles. The van der Waals surface area contributed by atoms with E-state index >= 15 is 0 Å². The standard InChI is InChI=1S/C28H32N4O2/c1-32(21-6-4-3-5-7-21)22-9-11-23(26(16-22)34-2)20-15-25(27(29)31-17-20)18-8-10-24-19(14-18)12-13-30-28(24)33/h8-11,14-17,21H,3-7,12-13H2,1-2H3,(H2,29,31)(H,30,33). The zero-order valence-corrected chi connectivity index (χ0v) is 19.9. The first-order valence-corrected chi connectivity index (χ1v) is 12.1. The van der Waals surface area contributed by atoms with Gasteiger partial charge >= 0.3 is 0 Å². The minimum atomic E-state index is -0.0179. The Kier molecular flexibility index (Phi) is 6.14. The molecule has 0 spiro atoms. The molecule has 3 N–H and O–H groups in total. The van der Waals surface area contributed by atoms with Gasteiger partial charge in [0, 0.05) is 59.8 Å². The number of amides is 1. The average Bonchev–Trinajstić information content (AvgIpc) is 2.88. The molecule has 3 aromatic rings. The first-order valence-electron chi connectivity index (χ1n) is 12.1. The maximum Gasteiger partial charge on any atom is 0.251 e. The maximum absolute atomic E-state index is 12.1. The molecule has 6 nitrogen and oxygen atoms in total. The van der Waals surface area contributed by atoms with Crippen LogP contribution in [0.1, 0.15) is 48.0 Å². The molecule has 1 aliphatic carbocycles. The van der Waals surface area contributed by atoms with Crippen LogP contribution in [0.3, 0.4) is 0 Å². The quantitative estimate of drug-likeness (QED) is 0.561. The zero-order chi connectivity index (χ0) is 23.7. The van der Waals surface area contributed by atoms with Gasteiger partial charge in [0.05, 0.1) is 7.11 Å². The number of hydrogen-bond acceptors (Lipinski definition) is 5. The second kappa shape index (κ2) is 9.37. The highest BCUT2D eigenvalue weighted by atomic mass is 16.5. The molecule has 2 heterocycles. The Balaban J connectivity index is 1.49. The van der Waals surface area contributed by atoms with Crippen LogP contribution in [0, 0.1) is 0 Å². The van der Waals surface area contributed by atoms with E-state index in [1.165, 1.54) is 37.8 Å². The van der Waals surface area contributed by atoms with Gasteiger partial charge in [-0.2, -0.15) is 0 Å². The van der Waals surface area contributed by atoms with Crippen molar-refractivity contribution in [2.75, 3.05) is 31.3 Å². The summed E-state index contributed by atoms with van der Waals surface area (Å²) in [4.78, 5) is 19.0. The SMILES string of the molecule is COc1cc(N(C)C2CCCCC2)ccc1-c1cnc(N)c(-c2ccc3c(c2)CCNC3=O)c1. The summed E-state index contributed by atoms with van der Waals surface area (Å²) >= 11 is 0. The van der Waals surface area contributed by atoms with E-state index in [1.807, 2.05) is 12.1 Å². The van der Waals surface area contributed by atoms with Crippen LogP contribution in [0.5, 0.6) is 5.75 Å². The Labute approximate surface area is 201 Å². The van der Waals surface area contributed by atoms with Crippen LogP contribution < -0.4 is 20.7 Å². The number of aromatic nitrogens is 1. The van der Waals surface area contributed by atoms with Gasteiger partial charge < -0.3 is 20.7 Å². The number of benzene rings is 2. The molecule has 2 aliphatic rings. The monoisotopic (exact) mass is 456 g/mol. The number of rotatable bonds is 5. The Morgan fingerprint density at radius 3 is 2.59 bits per heavy atom. The lowest BCUT2D eigenvalue weighted by Crippen LogP contribution is -2.33. The summed E-state index contributed by atoms with van der Waals surface area (Å²) in [5, 5.41) is 2.89. The fraction of sp³-hybridized carbons (Fsp3) is 0.357. The third-order valence-corrected chi connectivity index (χ3v) is 7.29. The lowest BCUT2D eigenvalue weighted by molar-refractivity contribution is 0.0946. The van der Waals surface area contributed by atoms with Crippen molar-refractivity contribution in [1.29, 1.82) is 0 Å². The average molecular weight is 457 g/mol. The third kappa shape index (κ3) is 4.20. The fourth-order valence-corrected chi connectivity index (χ4v) is 5.27. The topological polar surface area (TPSA) is 80.5 Å². The maximum atomic E-state index is 12.1.